The van der Waals surface area contributed by atoms with Gasteiger partial charge in [0.25, 0.3) is 5.78 Å². The summed E-state index contributed by atoms with van der Waals surface area (Å²) in [6, 6.07) is 5.91. The van der Waals surface area contributed by atoms with Crippen LogP contribution in [0.25, 0.3) is 0 Å². The van der Waals surface area contributed by atoms with Gasteiger partial charge in [0, 0.05) is 6.04 Å². The van der Waals surface area contributed by atoms with Crippen molar-refractivity contribution in [1.29, 1.82) is 0 Å². The maximum absolute atomic E-state index is 12.8. The normalized spacial score (nSPS) is 12.8. The molecule has 0 spiro atoms. The zero-order valence-corrected chi connectivity index (χ0v) is 23.0. The molecule has 36 heavy (non-hydrogen) atoms. The molecule has 0 amide bonds. The fourth-order valence-corrected chi connectivity index (χ4v) is 4.65. The number of rotatable bonds is 22. The number of alkyl halides is 3. The minimum absolute atomic E-state index is 0.00399. The Bertz CT molecular complexity index is 691. The molecule has 208 valence electrons. The van der Waals surface area contributed by atoms with Crippen LogP contribution in [0.4, 0.5) is 13.2 Å². The second-order valence-electron chi connectivity index (χ2n) is 10.3. The number of Topliss-reactive ketones (excluding diaryl/α,β-unsaturated/α-hetero) is 1. The second kappa shape index (κ2) is 19.5. The number of nitrogens with zero attached hydrogens (tertiary/aromatic N) is 1. The van der Waals surface area contributed by atoms with Crippen LogP contribution in [-0.4, -0.2) is 43.6 Å². The highest BCUT2D eigenvalue weighted by Gasteiger charge is 2.40. The third kappa shape index (κ3) is 14.9. The summed E-state index contributed by atoms with van der Waals surface area (Å²) in [5, 5.41) is 0. The van der Waals surface area contributed by atoms with Gasteiger partial charge in [0.1, 0.15) is 5.75 Å². The SMILES string of the molecule is CCCCCCCCCCCCCCCCCC(CCOc1ccccc1C(=O)C(F)(F)F)N(C)C. The van der Waals surface area contributed by atoms with E-state index >= 15 is 0 Å². The van der Waals surface area contributed by atoms with Crippen molar-refractivity contribution in [2.75, 3.05) is 20.7 Å². The van der Waals surface area contributed by atoms with E-state index in [0.717, 1.165) is 12.8 Å². The number of hydrogen-bond acceptors (Lipinski definition) is 3. The van der Waals surface area contributed by atoms with Crippen LogP contribution in [0.3, 0.4) is 0 Å². The lowest BCUT2D eigenvalue weighted by Gasteiger charge is -2.24. The molecule has 3 nitrogen and oxygen atoms in total. The molecule has 0 heterocycles. The first-order valence-electron chi connectivity index (χ1n) is 14.3. The van der Waals surface area contributed by atoms with Gasteiger partial charge in [-0.1, -0.05) is 115 Å². The van der Waals surface area contributed by atoms with Gasteiger partial charge in [-0.2, -0.15) is 13.2 Å². The molecule has 1 atom stereocenters. The highest BCUT2D eigenvalue weighted by Crippen LogP contribution is 2.28. The van der Waals surface area contributed by atoms with Crippen molar-refractivity contribution in [2.24, 2.45) is 0 Å². The minimum Gasteiger partial charge on any atom is -0.493 e. The first-order valence-corrected chi connectivity index (χ1v) is 14.3. The average Bonchev–Trinajstić information content (AvgIpc) is 2.84. The summed E-state index contributed by atoms with van der Waals surface area (Å²) in [6.45, 7) is 2.55. The Hall–Kier alpha value is -1.56. The molecule has 0 aliphatic carbocycles. The first kappa shape index (κ1) is 32.5. The molecular weight excluding hydrogens is 463 g/mol. The molecule has 0 saturated carbocycles. The second-order valence-corrected chi connectivity index (χ2v) is 10.3. The number of ketones is 1. The highest BCUT2D eigenvalue weighted by molar-refractivity contribution is 6.02. The number of carbonyl (C=O) groups is 1. The smallest absolute Gasteiger partial charge is 0.455 e. The van der Waals surface area contributed by atoms with Gasteiger partial charge in [0.15, 0.2) is 0 Å². The summed E-state index contributed by atoms with van der Waals surface area (Å²) in [5.41, 5.74) is -0.422. The van der Waals surface area contributed by atoms with E-state index in [2.05, 4.69) is 11.8 Å². The van der Waals surface area contributed by atoms with Crippen LogP contribution in [0.5, 0.6) is 5.75 Å². The van der Waals surface area contributed by atoms with Crippen molar-refractivity contribution in [3.8, 4) is 5.75 Å². The third-order valence-corrected chi connectivity index (χ3v) is 6.97. The molecule has 1 rings (SSSR count). The Balaban J connectivity index is 2.14. The molecule has 0 aromatic heterocycles. The largest absolute Gasteiger partial charge is 0.493 e. The molecule has 1 unspecified atom stereocenters. The van der Waals surface area contributed by atoms with Crippen molar-refractivity contribution in [3.63, 3.8) is 0 Å². The van der Waals surface area contributed by atoms with Crippen LogP contribution in [-0.2, 0) is 0 Å². The number of carbonyl (C=O) groups excluding carboxylic acids is 1. The highest BCUT2D eigenvalue weighted by atomic mass is 19.4. The number of halogens is 3. The molecule has 0 fully saturated rings. The zero-order valence-electron chi connectivity index (χ0n) is 23.0. The van der Waals surface area contributed by atoms with E-state index in [1.54, 1.807) is 6.07 Å². The summed E-state index contributed by atoms with van der Waals surface area (Å²) < 4.78 is 44.1. The Morgan fingerprint density at radius 1 is 0.778 bits per heavy atom. The van der Waals surface area contributed by atoms with E-state index in [-0.39, 0.29) is 12.4 Å². The van der Waals surface area contributed by atoms with E-state index in [1.165, 1.54) is 108 Å². The summed E-state index contributed by atoms with van der Waals surface area (Å²) in [7, 11) is 4.05. The number of unbranched alkanes of at least 4 members (excludes halogenated alkanes) is 14. The van der Waals surface area contributed by atoms with Gasteiger partial charge in [-0.05, 0) is 39.1 Å². The molecule has 1 aromatic rings. The van der Waals surface area contributed by atoms with Gasteiger partial charge >= 0.3 is 6.18 Å². The van der Waals surface area contributed by atoms with Crippen LogP contribution in [0.2, 0.25) is 0 Å². The quantitative estimate of drug-likeness (QED) is 0.114. The maximum Gasteiger partial charge on any atom is 0.455 e. The summed E-state index contributed by atoms with van der Waals surface area (Å²) in [5.74, 6) is -1.86. The standard InChI is InChI=1S/C30H50F3NO2/c1-4-5-6-7-8-9-10-11-12-13-14-15-16-17-18-21-26(34(2)3)24-25-36-28-23-20-19-22-27(28)29(35)30(31,32)33/h19-20,22-23,26H,4-18,21,24-25H2,1-3H3. The Morgan fingerprint density at radius 2 is 1.25 bits per heavy atom. The lowest BCUT2D eigenvalue weighted by atomic mass is 10.0. The van der Waals surface area contributed by atoms with E-state index in [0.29, 0.717) is 12.5 Å². The van der Waals surface area contributed by atoms with E-state index < -0.39 is 17.5 Å². The summed E-state index contributed by atoms with van der Waals surface area (Å²) >= 11 is 0. The lowest BCUT2D eigenvalue weighted by Crippen LogP contribution is -2.30. The van der Waals surface area contributed by atoms with Gasteiger partial charge in [0.05, 0.1) is 12.2 Å². The maximum atomic E-state index is 12.8. The van der Waals surface area contributed by atoms with Crippen molar-refractivity contribution in [1.82, 2.24) is 4.90 Å². The summed E-state index contributed by atoms with van der Waals surface area (Å²) in [4.78, 5) is 13.8. The van der Waals surface area contributed by atoms with Gasteiger partial charge in [0.2, 0.25) is 0 Å². The molecule has 0 aliphatic heterocycles. The predicted molar refractivity (Wildman–Crippen MR) is 144 cm³/mol. The van der Waals surface area contributed by atoms with Crippen LogP contribution < -0.4 is 4.74 Å². The molecular formula is C30H50F3NO2. The van der Waals surface area contributed by atoms with Crippen molar-refractivity contribution in [3.05, 3.63) is 29.8 Å². The Kier molecular flexibility index (Phi) is 17.6. The van der Waals surface area contributed by atoms with Crippen LogP contribution in [0.1, 0.15) is 126 Å². The zero-order chi connectivity index (χ0) is 26.7. The topological polar surface area (TPSA) is 29.5 Å². The first-order chi connectivity index (χ1) is 17.3. The van der Waals surface area contributed by atoms with Gasteiger partial charge < -0.3 is 9.64 Å². The Labute approximate surface area is 218 Å². The number of hydrogen-bond donors (Lipinski definition) is 0. The molecule has 0 N–H and O–H groups in total. The van der Waals surface area contributed by atoms with Gasteiger partial charge in [-0.15, -0.1) is 0 Å². The van der Waals surface area contributed by atoms with E-state index in [4.69, 9.17) is 4.74 Å². The molecule has 1 aromatic carbocycles. The molecule has 0 radical (unpaired) electrons. The number of benzene rings is 1. The number of para-hydroxylation sites is 1. The fraction of sp³-hybridized carbons (Fsp3) is 0.767. The average molecular weight is 514 g/mol. The van der Waals surface area contributed by atoms with Crippen LogP contribution >= 0.6 is 0 Å². The van der Waals surface area contributed by atoms with Crippen molar-refractivity contribution < 1.29 is 22.7 Å². The lowest BCUT2D eigenvalue weighted by molar-refractivity contribution is -0.0886. The molecule has 0 aliphatic rings. The van der Waals surface area contributed by atoms with E-state index in [9.17, 15) is 18.0 Å². The van der Waals surface area contributed by atoms with Crippen molar-refractivity contribution in [2.45, 2.75) is 128 Å². The van der Waals surface area contributed by atoms with Gasteiger partial charge in [-0.25, -0.2) is 0 Å². The van der Waals surface area contributed by atoms with Gasteiger partial charge in [-0.3, -0.25) is 4.79 Å². The minimum atomic E-state index is -4.90. The predicted octanol–water partition coefficient (Wildman–Crippen LogP) is 9.39. The van der Waals surface area contributed by atoms with Crippen LogP contribution in [0, 0.1) is 0 Å². The molecule has 0 saturated heterocycles. The third-order valence-electron chi connectivity index (χ3n) is 6.97. The Morgan fingerprint density at radius 3 is 1.72 bits per heavy atom. The molecule has 0 bridgehead atoms. The van der Waals surface area contributed by atoms with Crippen LogP contribution in [0.15, 0.2) is 24.3 Å². The monoisotopic (exact) mass is 513 g/mol. The fourth-order valence-electron chi connectivity index (χ4n) is 4.65. The number of ether oxygens (including phenoxy) is 1. The summed E-state index contributed by atoms with van der Waals surface area (Å²) in [6.07, 6.45) is 16.9. The van der Waals surface area contributed by atoms with Crippen molar-refractivity contribution >= 4 is 5.78 Å². The van der Waals surface area contributed by atoms with E-state index in [1.807, 2.05) is 14.1 Å². The molecule has 6 heteroatoms.